The molecule has 2 atom stereocenters. The smallest absolute Gasteiger partial charge is 0.497 e. The number of allylic oxidation sites excluding steroid dienone is 1. The number of rotatable bonds is 6. The second-order valence-corrected chi connectivity index (χ2v) is 4.38. The summed E-state index contributed by atoms with van der Waals surface area (Å²) < 4.78 is 20.7. The summed E-state index contributed by atoms with van der Waals surface area (Å²) in [6.45, 7) is 2.61. The number of hydrogen-bond donors (Lipinski definition) is 0. The number of benzene rings is 1. The van der Waals surface area contributed by atoms with E-state index in [-0.39, 0.29) is 6.10 Å². The molecule has 1 aliphatic rings. The summed E-state index contributed by atoms with van der Waals surface area (Å²) in [5.41, 5.74) is 1.03. The van der Waals surface area contributed by atoms with Gasteiger partial charge in [0.05, 0.1) is 20.3 Å². The van der Waals surface area contributed by atoms with E-state index in [1.807, 2.05) is 37.3 Å². The number of hydrogen-bond acceptors (Lipinski definition) is 5. The van der Waals surface area contributed by atoms with Gasteiger partial charge in [0.1, 0.15) is 5.75 Å². The van der Waals surface area contributed by atoms with Gasteiger partial charge < -0.3 is 18.9 Å². The average Bonchev–Trinajstić information content (AvgIpc) is 2.80. The van der Waals surface area contributed by atoms with E-state index in [9.17, 15) is 4.79 Å². The first-order valence-corrected chi connectivity index (χ1v) is 6.43. The van der Waals surface area contributed by atoms with Crippen molar-refractivity contribution in [3.8, 4) is 5.75 Å². The van der Waals surface area contributed by atoms with Gasteiger partial charge in [-0.3, -0.25) is 0 Å². The van der Waals surface area contributed by atoms with Crippen LogP contribution in [0.4, 0.5) is 4.79 Å². The highest BCUT2D eigenvalue weighted by Crippen LogP contribution is 2.18. The van der Waals surface area contributed by atoms with Crippen LogP contribution in [-0.4, -0.2) is 32.1 Å². The molecule has 0 saturated carbocycles. The molecule has 5 heteroatoms. The summed E-state index contributed by atoms with van der Waals surface area (Å²) in [4.78, 5) is 11.1. The first kappa shape index (κ1) is 14.4. The Morgan fingerprint density at radius 3 is 2.65 bits per heavy atom. The number of methoxy groups -OCH3 is 1. The fourth-order valence-corrected chi connectivity index (χ4v) is 1.90. The Labute approximate surface area is 118 Å². The van der Waals surface area contributed by atoms with E-state index in [0.717, 1.165) is 11.3 Å². The molecule has 0 unspecified atom stereocenters. The maximum atomic E-state index is 11.1. The summed E-state index contributed by atoms with van der Waals surface area (Å²) in [6.07, 6.45) is 2.20. The molecule has 1 fully saturated rings. The first-order chi connectivity index (χ1) is 9.72. The van der Waals surface area contributed by atoms with Gasteiger partial charge in [0.2, 0.25) is 0 Å². The predicted octanol–water partition coefficient (Wildman–Crippen LogP) is 2.69. The van der Waals surface area contributed by atoms with Crippen LogP contribution in [0.1, 0.15) is 12.5 Å². The molecule has 1 aromatic rings. The lowest BCUT2D eigenvalue weighted by atomic mass is 10.2. The Morgan fingerprint density at radius 2 is 2.00 bits per heavy atom. The SMILES string of the molecule is C/C=C\[C@H]1OC(=O)O[C@H]1COCc1ccc(OC)cc1. The maximum absolute atomic E-state index is 11.1. The van der Waals surface area contributed by atoms with Gasteiger partial charge in [-0.05, 0) is 30.7 Å². The van der Waals surface area contributed by atoms with E-state index in [4.69, 9.17) is 18.9 Å². The standard InChI is InChI=1S/C15H18O5/c1-3-4-13-14(20-15(16)19-13)10-18-9-11-5-7-12(17-2)8-6-11/h3-8,13-14H,9-10H2,1-2H3/b4-3-/t13-,14+/m1/s1. The maximum Gasteiger partial charge on any atom is 0.509 e. The molecule has 0 radical (unpaired) electrons. The van der Waals surface area contributed by atoms with E-state index in [1.54, 1.807) is 13.2 Å². The van der Waals surface area contributed by atoms with Crippen molar-refractivity contribution in [3.05, 3.63) is 42.0 Å². The Balaban J connectivity index is 1.81. The summed E-state index contributed by atoms with van der Waals surface area (Å²) in [7, 11) is 1.63. The third-order valence-electron chi connectivity index (χ3n) is 2.94. The Kier molecular flexibility index (Phi) is 5.01. The van der Waals surface area contributed by atoms with Gasteiger partial charge in [0.15, 0.2) is 12.2 Å². The second-order valence-electron chi connectivity index (χ2n) is 4.38. The summed E-state index contributed by atoms with van der Waals surface area (Å²) in [6, 6.07) is 7.61. The average molecular weight is 278 g/mol. The molecular weight excluding hydrogens is 260 g/mol. The molecule has 1 aliphatic heterocycles. The molecule has 1 saturated heterocycles. The highest BCUT2D eigenvalue weighted by atomic mass is 16.8. The lowest BCUT2D eigenvalue weighted by molar-refractivity contribution is 0.0305. The molecule has 20 heavy (non-hydrogen) atoms. The number of carbonyl (C=O) groups excluding carboxylic acids is 1. The van der Waals surface area contributed by atoms with Gasteiger partial charge >= 0.3 is 6.16 Å². The molecule has 0 aliphatic carbocycles. The van der Waals surface area contributed by atoms with Gasteiger partial charge in [-0.1, -0.05) is 18.2 Å². The third-order valence-corrected chi connectivity index (χ3v) is 2.94. The molecule has 0 amide bonds. The zero-order valence-corrected chi connectivity index (χ0v) is 11.6. The lowest BCUT2D eigenvalue weighted by Crippen LogP contribution is -2.25. The van der Waals surface area contributed by atoms with Crippen LogP contribution in [0, 0.1) is 0 Å². The number of carbonyl (C=O) groups is 1. The highest BCUT2D eigenvalue weighted by Gasteiger charge is 2.34. The molecule has 5 nitrogen and oxygen atoms in total. The Morgan fingerprint density at radius 1 is 1.25 bits per heavy atom. The molecule has 2 rings (SSSR count). The Hall–Kier alpha value is -2.01. The topological polar surface area (TPSA) is 54.0 Å². The minimum Gasteiger partial charge on any atom is -0.497 e. The molecule has 1 heterocycles. The second kappa shape index (κ2) is 6.96. The van der Waals surface area contributed by atoms with Gasteiger partial charge in [-0.25, -0.2) is 4.79 Å². The number of cyclic esters (lactones) is 2. The fraction of sp³-hybridized carbons (Fsp3) is 0.400. The summed E-state index contributed by atoms with van der Waals surface area (Å²) in [5, 5.41) is 0. The van der Waals surface area contributed by atoms with E-state index < -0.39 is 12.3 Å². The van der Waals surface area contributed by atoms with Crippen molar-refractivity contribution in [1.29, 1.82) is 0 Å². The van der Waals surface area contributed by atoms with Crippen LogP contribution >= 0.6 is 0 Å². The Bertz CT molecular complexity index is 466. The van der Waals surface area contributed by atoms with Crippen molar-refractivity contribution < 1.29 is 23.7 Å². The summed E-state index contributed by atoms with van der Waals surface area (Å²) in [5.74, 6) is 0.806. The van der Waals surface area contributed by atoms with Gasteiger partial charge in [-0.2, -0.15) is 0 Å². The molecule has 108 valence electrons. The van der Waals surface area contributed by atoms with Gasteiger partial charge in [0, 0.05) is 0 Å². The van der Waals surface area contributed by atoms with Crippen LogP contribution in [0.25, 0.3) is 0 Å². The monoisotopic (exact) mass is 278 g/mol. The molecule has 0 spiro atoms. The minimum absolute atomic E-state index is 0.298. The van der Waals surface area contributed by atoms with Crippen LogP contribution in [0.3, 0.4) is 0 Å². The number of ether oxygens (including phenoxy) is 4. The van der Waals surface area contributed by atoms with E-state index in [2.05, 4.69) is 0 Å². The largest absolute Gasteiger partial charge is 0.509 e. The van der Waals surface area contributed by atoms with Crippen LogP contribution in [0.2, 0.25) is 0 Å². The van der Waals surface area contributed by atoms with E-state index in [1.165, 1.54) is 0 Å². The zero-order chi connectivity index (χ0) is 14.4. The van der Waals surface area contributed by atoms with Crippen LogP contribution < -0.4 is 4.74 Å². The van der Waals surface area contributed by atoms with Crippen molar-refractivity contribution in [2.45, 2.75) is 25.7 Å². The molecule has 0 N–H and O–H groups in total. The lowest BCUT2D eigenvalue weighted by Gasteiger charge is -2.12. The van der Waals surface area contributed by atoms with Gasteiger partial charge in [-0.15, -0.1) is 0 Å². The van der Waals surface area contributed by atoms with Crippen molar-refractivity contribution in [3.63, 3.8) is 0 Å². The van der Waals surface area contributed by atoms with Crippen LogP contribution in [0.15, 0.2) is 36.4 Å². The van der Waals surface area contributed by atoms with E-state index in [0.29, 0.717) is 13.2 Å². The third kappa shape index (κ3) is 3.74. The van der Waals surface area contributed by atoms with Crippen molar-refractivity contribution in [2.75, 3.05) is 13.7 Å². The van der Waals surface area contributed by atoms with E-state index >= 15 is 0 Å². The highest BCUT2D eigenvalue weighted by molar-refractivity contribution is 5.63. The van der Waals surface area contributed by atoms with Crippen molar-refractivity contribution in [2.24, 2.45) is 0 Å². The van der Waals surface area contributed by atoms with Gasteiger partial charge in [0.25, 0.3) is 0 Å². The molecule has 0 aromatic heterocycles. The van der Waals surface area contributed by atoms with Crippen LogP contribution in [0.5, 0.6) is 5.75 Å². The molecular formula is C15H18O5. The normalized spacial score (nSPS) is 21.8. The van der Waals surface area contributed by atoms with Crippen molar-refractivity contribution >= 4 is 6.16 Å². The summed E-state index contributed by atoms with van der Waals surface area (Å²) >= 11 is 0. The minimum atomic E-state index is -0.647. The predicted molar refractivity (Wildman–Crippen MR) is 72.6 cm³/mol. The molecule has 1 aromatic carbocycles. The zero-order valence-electron chi connectivity index (χ0n) is 11.6. The van der Waals surface area contributed by atoms with Crippen molar-refractivity contribution in [1.82, 2.24) is 0 Å². The first-order valence-electron chi connectivity index (χ1n) is 6.43. The quantitative estimate of drug-likeness (QED) is 0.591. The molecule has 0 bridgehead atoms. The van der Waals surface area contributed by atoms with Crippen LogP contribution in [-0.2, 0) is 20.8 Å². The fourth-order valence-electron chi connectivity index (χ4n) is 1.90.